The van der Waals surface area contributed by atoms with Crippen LogP contribution in [-0.2, 0) is 0 Å². The van der Waals surface area contributed by atoms with E-state index in [-0.39, 0.29) is 0 Å². The van der Waals surface area contributed by atoms with E-state index in [0.29, 0.717) is 0 Å². The lowest BCUT2D eigenvalue weighted by Gasteiger charge is -2.25. The highest BCUT2D eigenvalue weighted by atomic mass is 16.5. The Morgan fingerprint density at radius 2 is 0.469 bits per heavy atom. The molecule has 0 heterocycles. The van der Waals surface area contributed by atoms with E-state index in [9.17, 15) is 0 Å². The lowest BCUT2D eigenvalue weighted by molar-refractivity contribution is 0.414. The molecule has 6 aromatic carbocycles. The Hall–Kier alpha value is -6.80. The standard InChI is InChI=1S/C45H33NO3/c1-47-43-28-16-37(17-29-43)7-4-34-10-22-40(23-11-34)46(41-24-12-35(13-25-41)5-8-38-18-30-44(48-2)31-19-38)42-26-14-36(15-27-42)6-9-39-20-32-45(49-3)33-21-39/h10-33H,1-3H3. The molecule has 0 saturated carbocycles. The van der Waals surface area contributed by atoms with Gasteiger partial charge in [0.05, 0.1) is 21.3 Å². The third-order valence-electron chi connectivity index (χ3n) is 7.70. The lowest BCUT2D eigenvalue weighted by Crippen LogP contribution is -2.09. The molecule has 0 atom stereocenters. The predicted octanol–water partition coefficient (Wildman–Crippen LogP) is 9.38. The molecular weight excluding hydrogens is 602 g/mol. The zero-order chi connectivity index (χ0) is 33.8. The molecule has 49 heavy (non-hydrogen) atoms. The molecule has 0 aliphatic heterocycles. The predicted molar refractivity (Wildman–Crippen MR) is 198 cm³/mol. The molecule has 0 fully saturated rings. The Kier molecular flexibility index (Phi) is 10.3. The minimum absolute atomic E-state index is 0.810. The summed E-state index contributed by atoms with van der Waals surface area (Å²) in [7, 11) is 4.97. The van der Waals surface area contributed by atoms with Gasteiger partial charge in [0.25, 0.3) is 0 Å². The minimum Gasteiger partial charge on any atom is -0.497 e. The van der Waals surface area contributed by atoms with Crippen molar-refractivity contribution in [2.24, 2.45) is 0 Å². The van der Waals surface area contributed by atoms with Crippen LogP contribution in [0.2, 0.25) is 0 Å². The number of benzene rings is 6. The maximum Gasteiger partial charge on any atom is 0.118 e. The fourth-order valence-corrected chi connectivity index (χ4v) is 4.98. The van der Waals surface area contributed by atoms with Crippen molar-refractivity contribution in [1.29, 1.82) is 0 Å². The van der Waals surface area contributed by atoms with Gasteiger partial charge in [-0.15, -0.1) is 0 Å². The summed E-state index contributed by atoms with van der Waals surface area (Å²) in [6, 6.07) is 48.0. The van der Waals surface area contributed by atoms with Gasteiger partial charge < -0.3 is 19.1 Å². The maximum atomic E-state index is 5.25. The summed E-state index contributed by atoms with van der Waals surface area (Å²) in [6.07, 6.45) is 0. The average Bonchev–Trinajstić information content (AvgIpc) is 3.17. The molecule has 0 aliphatic carbocycles. The van der Waals surface area contributed by atoms with E-state index < -0.39 is 0 Å². The van der Waals surface area contributed by atoms with Crippen LogP contribution in [0.1, 0.15) is 33.4 Å². The van der Waals surface area contributed by atoms with Crippen LogP contribution in [0.3, 0.4) is 0 Å². The Morgan fingerprint density at radius 1 is 0.286 bits per heavy atom. The monoisotopic (exact) mass is 635 g/mol. The van der Waals surface area contributed by atoms with Gasteiger partial charge in [-0.1, -0.05) is 35.5 Å². The van der Waals surface area contributed by atoms with Gasteiger partial charge in [0.15, 0.2) is 0 Å². The summed E-state index contributed by atoms with van der Waals surface area (Å²) in [5.74, 6) is 22.0. The van der Waals surface area contributed by atoms with Gasteiger partial charge in [0, 0.05) is 50.4 Å². The first-order valence-electron chi connectivity index (χ1n) is 15.7. The number of methoxy groups -OCH3 is 3. The van der Waals surface area contributed by atoms with Crippen molar-refractivity contribution in [1.82, 2.24) is 0 Å². The number of ether oxygens (including phenoxy) is 3. The molecule has 6 rings (SSSR count). The number of anilines is 3. The summed E-state index contributed by atoms with van der Waals surface area (Å²) in [6.45, 7) is 0. The highest BCUT2D eigenvalue weighted by Gasteiger charge is 2.12. The molecular formula is C45H33NO3. The topological polar surface area (TPSA) is 30.9 Å². The molecule has 0 spiro atoms. The zero-order valence-electron chi connectivity index (χ0n) is 27.5. The second-order valence-electron chi connectivity index (χ2n) is 10.9. The van der Waals surface area contributed by atoms with E-state index in [2.05, 4.69) is 76.8 Å². The molecule has 0 radical (unpaired) electrons. The molecule has 0 unspecified atom stereocenters. The second-order valence-corrected chi connectivity index (χ2v) is 10.9. The fraction of sp³-hybridized carbons (Fsp3) is 0.0667. The molecule has 0 bridgehead atoms. The first-order valence-corrected chi connectivity index (χ1v) is 15.7. The van der Waals surface area contributed by atoms with E-state index >= 15 is 0 Å². The van der Waals surface area contributed by atoms with Gasteiger partial charge in [-0.25, -0.2) is 0 Å². The van der Waals surface area contributed by atoms with Crippen molar-refractivity contribution in [2.75, 3.05) is 26.2 Å². The van der Waals surface area contributed by atoms with Crippen molar-refractivity contribution in [2.45, 2.75) is 0 Å². The van der Waals surface area contributed by atoms with E-state index in [1.807, 2.05) is 109 Å². The van der Waals surface area contributed by atoms with Crippen LogP contribution in [0.15, 0.2) is 146 Å². The van der Waals surface area contributed by atoms with Gasteiger partial charge in [-0.3, -0.25) is 0 Å². The third kappa shape index (κ3) is 8.52. The molecule has 4 nitrogen and oxygen atoms in total. The Balaban J connectivity index is 1.27. The summed E-state index contributed by atoms with van der Waals surface area (Å²) in [5.41, 5.74) is 8.57. The van der Waals surface area contributed by atoms with Crippen LogP contribution in [0.4, 0.5) is 17.1 Å². The summed E-state index contributed by atoms with van der Waals surface area (Å²) in [4.78, 5) is 2.21. The van der Waals surface area contributed by atoms with Gasteiger partial charge in [-0.2, -0.15) is 0 Å². The van der Waals surface area contributed by atoms with E-state index in [1.54, 1.807) is 21.3 Å². The van der Waals surface area contributed by atoms with Crippen molar-refractivity contribution in [3.05, 3.63) is 179 Å². The van der Waals surface area contributed by atoms with Crippen LogP contribution in [0.5, 0.6) is 17.2 Å². The molecule has 0 aliphatic rings. The Labute approximate surface area is 288 Å². The lowest BCUT2D eigenvalue weighted by atomic mass is 10.1. The van der Waals surface area contributed by atoms with Crippen LogP contribution < -0.4 is 19.1 Å². The minimum atomic E-state index is 0.810. The van der Waals surface area contributed by atoms with Crippen LogP contribution in [0, 0.1) is 35.5 Å². The van der Waals surface area contributed by atoms with Crippen molar-refractivity contribution >= 4 is 17.1 Å². The van der Waals surface area contributed by atoms with Gasteiger partial charge >= 0.3 is 0 Å². The molecule has 0 saturated heterocycles. The molecule has 4 heteroatoms. The largest absolute Gasteiger partial charge is 0.497 e. The average molecular weight is 636 g/mol. The van der Waals surface area contributed by atoms with Crippen LogP contribution >= 0.6 is 0 Å². The number of nitrogens with zero attached hydrogens (tertiary/aromatic N) is 1. The summed E-state index contributed by atoms with van der Waals surface area (Å²) in [5, 5.41) is 0. The maximum absolute atomic E-state index is 5.25. The van der Waals surface area contributed by atoms with Gasteiger partial charge in [0.1, 0.15) is 17.2 Å². The molecule has 0 N–H and O–H groups in total. The SMILES string of the molecule is COc1ccc(C#Cc2ccc(N(c3ccc(C#Cc4ccc(OC)cc4)cc3)c3ccc(C#Cc4ccc(OC)cc4)cc3)cc2)cc1. The summed E-state index contributed by atoms with van der Waals surface area (Å²) < 4.78 is 15.8. The highest BCUT2D eigenvalue weighted by Crippen LogP contribution is 2.35. The van der Waals surface area contributed by atoms with Gasteiger partial charge in [-0.05, 0) is 146 Å². The van der Waals surface area contributed by atoms with Crippen LogP contribution in [-0.4, -0.2) is 21.3 Å². The normalized spacial score (nSPS) is 9.86. The van der Waals surface area contributed by atoms with Gasteiger partial charge in [0.2, 0.25) is 0 Å². The summed E-state index contributed by atoms with van der Waals surface area (Å²) >= 11 is 0. The Morgan fingerprint density at radius 3 is 0.653 bits per heavy atom. The van der Waals surface area contributed by atoms with Crippen molar-refractivity contribution in [3.8, 4) is 52.8 Å². The number of rotatable bonds is 6. The van der Waals surface area contributed by atoms with E-state index in [0.717, 1.165) is 67.7 Å². The smallest absolute Gasteiger partial charge is 0.118 e. The van der Waals surface area contributed by atoms with E-state index in [1.165, 1.54) is 0 Å². The molecule has 6 aromatic rings. The highest BCUT2D eigenvalue weighted by molar-refractivity contribution is 5.77. The number of hydrogen-bond acceptors (Lipinski definition) is 4. The van der Waals surface area contributed by atoms with Crippen LogP contribution in [0.25, 0.3) is 0 Å². The first-order chi connectivity index (χ1) is 24.1. The van der Waals surface area contributed by atoms with Crippen molar-refractivity contribution < 1.29 is 14.2 Å². The quantitative estimate of drug-likeness (QED) is 0.171. The fourth-order valence-electron chi connectivity index (χ4n) is 4.98. The number of hydrogen-bond donors (Lipinski definition) is 0. The first kappa shape index (κ1) is 32.2. The van der Waals surface area contributed by atoms with Crippen molar-refractivity contribution in [3.63, 3.8) is 0 Å². The molecule has 0 aromatic heterocycles. The zero-order valence-corrected chi connectivity index (χ0v) is 27.5. The second kappa shape index (κ2) is 15.7. The Bertz CT molecular complexity index is 1930. The van der Waals surface area contributed by atoms with E-state index in [4.69, 9.17) is 14.2 Å². The molecule has 236 valence electrons. The third-order valence-corrected chi connectivity index (χ3v) is 7.70. The molecule has 0 amide bonds.